The summed E-state index contributed by atoms with van der Waals surface area (Å²) < 4.78 is 5.27. The Hall–Kier alpha value is -0.800. The van der Waals surface area contributed by atoms with E-state index >= 15 is 0 Å². The molecule has 1 rings (SSSR count). The second-order valence-electron chi connectivity index (χ2n) is 3.48. The van der Waals surface area contributed by atoms with Gasteiger partial charge in [0.2, 0.25) is 0 Å². The van der Waals surface area contributed by atoms with Crippen LogP contribution in [-0.2, 0) is 0 Å². The van der Waals surface area contributed by atoms with Crippen LogP contribution in [0.1, 0.15) is 38.0 Å². The molecule has 3 heteroatoms. The molecule has 2 N–H and O–H groups in total. The second kappa shape index (κ2) is 6.62. The van der Waals surface area contributed by atoms with Crippen LogP contribution in [0.15, 0.2) is 22.8 Å². The third-order valence-electron chi connectivity index (χ3n) is 2.26. The molecule has 0 aromatic carbocycles. The lowest BCUT2D eigenvalue weighted by molar-refractivity contribution is 0.282. The van der Waals surface area contributed by atoms with Crippen LogP contribution in [0.25, 0.3) is 0 Å². The fraction of sp³-hybridized carbons (Fsp3) is 0.636. The standard InChI is InChI=1S/C11H19NO2/c1-10(11-6-5-9-14-11)12-7-3-2-4-8-13/h5-6,9-10,12-13H,2-4,7-8H2,1H3/t10-/m0/s1. The smallest absolute Gasteiger partial charge is 0.120 e. The molecule has 0 aliphatic heterocycles. The molecule has 14 heavy (non-hydrogen) atoms. The quantitative estimate of drug-likeness (QED) is 0.658. The maximum absolute atomic E-state index is 8.59. The topological polar surface area (TPSA) is 45.4 Å². The van der Waals surface area contributed by atoms with Gasteiger partial charge in [-0.1, -0.05) is 0 Å². The van der Waals surface area contributed by atoms with E-state index in [1.807, 2.05) is 12.1 Å². The molecule has 0 bridgehead atoms. The van der Waals surface area contributed by atoms with E-state index in [0.29, 0.717) is 6.61 Å². The van der Waals surface area contributed by atoms with Crippen molar-refractivity contribution >= 4 is 0 Å². The van der Waals surface area contributed by atoms with Gasteiger partial charge in [-0.3, -0.25) is 0 Å². The van der Waals surface area contributed by atoms with E-state index in [-0.39, 0.29) is 6.04 Å². The number of aliphatic hydroxyl groups excluding tert-OH is 1. The minimum Gasteiger partial charge on any atom is -0.468 e. The van der Waals surface area contributed by atoms with Gasteiger partial charge in [-0.15, -0.1) is 0 Å². The van der Waals surface area contributed by atoms with Gasteiger partial charge in [0.25, 0.3) is 0 Å². The molecule has 0 aliphatic rings. The molecule has 0 unspecified atom stereocenters. The molecule has 3 nitrogen and oxygen atoms in total. The molecular weight excluding hydrogens is 178 g/mol. The molecule has 0 fully saturated rings. The molecule has 80 valence electrons. The number of rotatable bonds is 7. The van der Waals surface area contributed by atoms with Crippen LogP contribution in [0.3, 0.4) is 0 Å². The van der Waals surface area contributed by atoms with E-state index in [4.69, 9.17) is 9.52 Å². The van der Waals surface area contributed by atoms with Crippen LogP contribution in [0.5, 0.6) is 0 Å². The zero-order chi connectivity index (χ0) is 10.2. The maximum atomic E-state index is 8.59. The van der Waals surface area contributed by atoms with Crippen LogP contribution in [0.2, 0.25) is 0 Å². The summed E-state index contributed by atoms with van der Waals surface area (Å²) in [6.45, 7) is 3.36. The Balaban J connectivity index is 2.07. The molecule has 0 saturated heterocycles. The molecule has 1 heterocycles. The van der Waals surface area contributed by atoms with E-state index < -0.39 is 0 Å². The van der Waals surface area contributed by atoms with Crippen LogP contribution in [0.4, 0.5) is 0 Å². The van der Waals surface area contributed by atoms with Crippen molar-refractivity contribution in [1.82, 2.24) is 5.32 Å². The van der Waals surface area contributed by atoms with Crippen molar-refractivity contribution in [3.8, 4) is 0 Å². The first-order chi connectivity index (χ1) is 6.84. The van der Waals surface area contributed by atoms with Crippen LogP contribution >= 0.6 is 0 Å². The van der Waals surface area contributed by atoms with Crippen molar-refractivity contribution in [3.63, 3.8) is 0 Å². The highest BCUT2D eigenvalue weighted by Crippen LogP contribution is 2.11. The van der Waals surface area contributed by atoms with Gasteiger partial charge >= 0.3 is 0 Å². The number of unbranched alkanes of at least 4 members (excludes halogenated alkanes) is 2. The Morgan fingerprint density at radius 3 is 2.93 bits per heavy atom. The predicted octanol–water partition coefficient (Wildman–Crippen LogP) is 2.09. The lowest BCUT2D eigenvalue weighted by Gasteiger charge is -2.10. The number of hydrogen-bond donors (Lipinski definition) is 2. The van der Waals surface area contributed by atoms with Crippen molar-refractivity contribution in [2.45, 2.75) is 32.2 Å². The molecular formula is C11H19NO2. The van der Waals surface area contributed by atoms with Crippen LogP contribution in [0, 0.1) is 0 Å². The van der Waals surface area contributed by atoms with Gasteiger partial charge < -0.3 is 14.8 Å². The molecule has 1 atom stereocenters. The second-order valence-corrected chi connectivity index (χ2v) is 3.48. The SMILES string of the molecule is C[C@H](NCCCCCO)c1ccco1. The van der Waals surface area contributed by atoms with E-state index in [9.17, 15) is 0 Å². The van der Waals surface area contributed by atoms with Gasteiger partial charge in [0.1, 0.15) is 5.76 Å². The molecule has 0 saturated carbocycles. The van der Waals surface area contributed by atoms with Crippen molar-refractivity contribution in [2.75, 3.05) is 13.2 Å². The Labute approximate surface area is 85.1 Å². The Morgan fingerprint density at radius 1 is 1.43 bits per heavy atom. The molecule has 0 amide bonds. The third-order valence-corrected chi connectivity index (χ3v) is 2.26. The highest BCUT2D eigenvalue weighted by atomic mass is 16.3. The van der Waals surface area contributed by atoms with Gasteiger partial charge in [-0.2, -0.15) is 0 Å². The lowest BCUT2D eigenvalue weighted by atomic mass is 10.2. The van der Waals surface area contributed by atoms with Crippen LogP contribution < -0.4 is 5.32 Å². The summed E-state index contributed by atoms with van der Waals surface area (Å²) in [6.07, 6.45) is 4.77. The minimum absolute atomic E-state index is 0.277. The fourth-order valence-corrected chi connectivity index (χ4v) is 1.37. The first-order valence-corrected chi connectivity index (χ1v) is 5.22. The normalized spacial score (nSPS) is 13.0. The van der Waals surface area contributed by atoms with Crippen molar-refractivity contribution < 1.29 is 9.52 Å². The van der Waals surface area contributed by atoms with Gasteiger partial charge in [-0.05, 0) is 44.9 Å². The highest BCUT2D eigenvalue weighted by molar-refractivity contribution is 5.02. The summed E-state index contributed by atoms with van der Waals surface area (Å²) in [5, 5.41) is 12.0. The fourth-order valence-electron chi connectivity index (χ4n) is 1.37. The van der Waals surface area contributed by atoms with E-state index in [1.165, 1.54) is 0 Å². The molecule has 1 aromatic rings. The first-order valence-electron chi connectivity index (χ1n) is 5.22. The number of nitrogens with one attached hydrogen (secondary N) is 1. The Morgan fingerprint density at radius 2 is 2.29 bits per heavy atom. The Bertz CT molecular complexity index is 221. The lowest BCUT2D eigenvalue weighted by Crippen LogP contribution is -2.19. The molecule has 0 aliphatic carbocycles. The van der Waals surface area contributed by atoms with E-state index in [0.717, 1.165) is 31.6 Å². The van der Waals surface area contributed by atoms with Gasteiger partial charge in [0.15, 0.2) is 0 Å². The number of hydrogen-bond acceptors (Lipinski definition) is 3. The highest BCUT2D eigenvalue weighted by Gasteiger charge is 2.05. The number of furan rings is 1. The Kier molecular flexibility index (Phi) is 5.33. The summed E-state index contributed by atoms with van der Waals surface area (Å²) in [4.78, 5) is 0. The molecule has 0 radical (unpaired) electrons. The minimum atomic E-state index is 0.277. The molecule has 1 aromatic heterocycles. The summed E-state index contributed by atoms with van der Waals surface area (Å²) in [6, 6.07) is 4.16. The monoisotopic (exact) mass is 197 g/mol. The largest absolute Gasteiger partial charge is 0.468 e. The van der Waals surface area contributed by atoms with Crippen molar-refractivity contribution in [2.24, 2.45) is 0 Å². The van der Waals surface area contributed by atoms with Crippen LogP contribution in [-0.4, -0.2) is 18.3 Å². The average molecular weight is 197 g/mol. The summed E-state index contributed by atoms with van der Waals surface area (Å²) in [7, 11) is 0. The number of aliphatic hydroxyl groups is 1. The maximum Gasteiger partial charge on any atom is 0.120 e. The summed E-state index contributed by atoms with van der Waals surface area (Å²) in [5.41, 5.74) is 0. The third kappa shape index (κ3) is 3.94. The summed E-state index contributed by atoms with van der Waals surface area (Å²) in [5.74, 6) is 0.979. The average Bonchev–Trinajstić information content (AvgIpc) is 2.70. The molecule has 0 spiro atoms. The van der Waals surface area contributed by atoms with Gasteiger partial charge in [0, 0.05) is 6.61 Å². The van der Waals surface area contributed by atoms with E-state index in [1.54, 1.807) is 6.26 Å². The van der Waals surface area contributed by atoms with Gasteiger partial charge in [0.05, 0.1) is 12.3 Å². The zero-order valence-corrected chi connectivity index (χ0v) is 8.70. The van der Waals surface area contributed by atoms with Crippen molar-refractivity contribution in [1.29, 1.82) is 0 Å². The van der Waals surface area contributed by atoms with Crippen molar-refractivity contribution in [3.05, 3.63) is 24.2 Å². The predicted molar refractivity (Wildman–Crippen MR) is 56.1 cm³/mol. The van der Waals surface area contributed by atoms with E-state index in [2.05, 4.69) is 12.2 Å². The van der Waals surface area contributed by atoms with Gasteiger partial charge in [-0.25, -0.2) is 0 Å². The zero-order valence-electron chi connectivity index (χ0n) is 8.70. The summed E-state index contributed by atoms with van der Waals surface area (Å²) >= 11 is 0. The first kappa shape index (κ1) is 11.3.